The number of halogens is 2. The fraction of sp³-hybridized carbons (Fsp3) is 0.333. The molecular weight excluding hydrogens is 226 g/mol. The van der Waals surface area contributed by atoms with E-state index < -0.39 is 6.61 Å². The van der Waals surface area contributed by atoms with Gasteiger partial charge < -0.3 is 15.5 Å². The van der Waals surface area contributed by atoms with E-state index in [4.69, 9.17) is 5.73 Å². The maximum atomic E-state index is 12.3. The van der Waals surface area contributed by atoms with Crippen LogP contribution in [0.15, 0.2) is 18.3 Å². The van der Waals surface area contributed by atoms with Crippen molar-refractivity contribution in [3.63, 3.8) is 0 Å². The number of ether oxygens (including phenoxy) is 1. The van der Waals surface area contributed by atoms with E-state index in [1.807, 2.05) is 13.1 Å². The quantitative estimate of drug-likeness (QED) is 0.863. The number of nitrogens with two attached hydrogens (primary N) is 1. The van der Waals surface area contributed by atoms with E-state index in [9.17, 15) is 8.78 Å². The van der Waals surface area contributed by atoms with Crippen LogP contribution in [-0.4, -0.2) is 11.6 Å². The molecule has 0 bridgehead atoms. The first-order valence-corrected chi connectivity index (χ1v) is 5.44. The maximum absolute atomic E-state index is 12.3. The van der Waals surface area contributed by atoms with Gasteiger partial charge in [0.05, 0.1) is 5.52 Å². The molecule has 5 heteroatoms. The molecule has 3 N–H and O–H groups in total. The number of benzene rings is 1. The van der Waals surface area contributed by atoms with Gasteiger partial charge in [-0.1, -0.05) is 13.0 Å². The Morgan fingerprint density at radius 1 is 1.35 bits per heavy atom. The van der Waals surface area contributed by atoms with Crippen LogP contribution in [0.5, 0.6) is 5.75 Å². The SMILES string of the molecule is CCc1c[nH]c2c(OC(F)F)ccc(CN)c12. The van der Waals surface area contributed by atoms with Crippen LogP contribution in [0.2, 0.25) is 0 Å². The van der Waals surface area contributed by atoms with Gasteiger partial charge in [0.2, 0.25) is 0 Å². The Morgan fingerprint density at radius 2 is 2.12 bits per heavy atom. The summed E-state index contributed by atoms with van der Waals surface area (Å²) in [7, 11) is 0. The van der Waals surface area contributed by atoms with E-state index in [2.05, 4.69) is 9.72 Å². The van der Waals surface area contributed by atoms with Crippen molar-refractivity contribution < 1.29 is 13.5 Å². The summed E-state index contributed by atoms with van der Waals surface area (Å²) < 4.78 is 29.0. The predicted octanol–water partition coefficient (Wildman–Crippen LogP) is 2.79. The normalized spacial score (nSPS) is 11.4. The smallest absolute Gasteiger partial charge is 0.387 e. The minimum atomic E-state index is -2.82. The number of H-pyrrole nitrogens is 1. The Hall–Kier alpha value is -1.62. The third kappa shape index (κ3) is 2.10. The van der Waals surface area contributed by atoms with E-state index in [1.165, 1.54) is 6.07 Å². The van der Waals surface area contributed by atoms with Crippen LogP contribution >= 0.6 is 0 Å². The van der Waals surface area contributed by atoms with Crippen molar-refractivity contribution in [2.24, 2.45) is 5.73 Å². The molecule has 0 aliphatic carbocycles. The lowest BCUT2D eigenvalue weighted by Gasteiger charge is -2.08. The summed E-state index contributed by atoms with van der Waals surface area (Å²) in [4.78, 5) is 2.97. The van der Waals surface area contributed by atoms with Crippen LogP contribution in [0.3, 0.4) is 0 Å². The number of aromatic nitrogens is 1. The minimum absolute atomic E-state index is 0.159. The molecule has 0 spiro atoms. The third-order valence-electron chi connectivity index (χ3n) is 2.78. The van der Waals surface area contributed by atoms with Gasteiger partial charge in [-0.05, 0) is 23.6 Å². The Labute approximate surface area is 97.6 Å². The second-order valence-corrected chi connectivity index (χ2v) is 3.72. The van der Waals surface area contributed by atoms with E-state index in [0.29, 0.717) is 12.1 Å². The molecule has 1 aromatic heterocycles. The maximum Gasteiger partial charge on any atom is 0.387 e. The second-order valence-electron chi connectivity index (χ2n) is 3.72. The summed E-state index contributed by atoms with van der Waals surface area (Å²) >= 11 is 0. The van der Waals surface area contributed by atoms with Crippen molar-refractivity contribution in [1.82, 2.24) is 4.98 Å². The number of alkyl halides is 2. The zero-order chi connectivity index (χ0) is 12.4. The lowest BCUT2D eigenvalue weighted by molar-refractivity contribution is -0.0489. The zero-order valence-electron chi connectivity index (χ0n) is 9.47. The van der Waals surface area contributed by atoms with Gasteiger partial charge in [0.1, 0.15) is 5.75 Å². The first kappa shape index (κ1) is 11.9. The molecule has 2 aromatic rings. The molecule has 17 heavy (non-hydrogen) atoms. The molecule has 1 heterocycles. The largest absolute Gasteiger partial charge is 0.433 e. The van der Waals surface area contributed by atoms with E-state index in [-0.39, 0.29) is 5.75 Å². The summed E-state index contributed by atoms with van der Waals surface area (Å²) in [5, 5.41) is 0.896. The van der Waals surface area contributed by atoms with Crippen LogP contribution in [0.1, 0.15) is 18.1 Å². The standard InChI is InChI=1S/C12H14F2N2O/c1-2-7-6-16-11-9(17-12(13)14)4-3-8(5-15)10(7)11/h3-4,6,12,16H,2,5,15H2,1H3. The van der Waals surface area contributed by atoms with Crippen molar-refractivity contribution in [2.75, 3.05) is 0 Å². The molecule has 1 aromatic carbocycles. The van der Waals surface area contributed by atoms with Crippen LogP contribution in [0, 0.1) is 0 Å². The molecule has 2 rings (SSSR count). The number of rotatable bonds is 4. The molecule has 0 unspecified atom stereocenters. The Bertz CT molecular complexity index is 522. The number of nitrogens with one attached hydrogen (secondary N) is 1. The fourth-order valence-corrected chi connectivity index (χ4v) is 2.01. The minimum Gasteiger partial charge on any atom is -0.433 e. The number of hydrogen-bond donors (Lipinski definition) is 2. The molecule has 0 saturated carbocycles. The van der Waals surface area contributed by atoms with Crippen molar-refractivity contribution >= 4 is 10.9 Å². The topological polar surface area (TPSA) is 51.0 Å². The van der Waals surface area contributed by atoms with Crippen molar-refractivity contribution in [3.8, 4) is 5.75 Å². The predicted molar refractivity (Wildman–Crippen MR) is 62.2 cm³/mol. The zero-order valence-corrected chi connectivity index (χ0v) is 9.47. The molecule has 0 saturated heterocycles. The highest BCUT2D eigenvalue weighted by Gasteiger charge is 2.14. The highest BCUT2D eigenvalue weighted by atomic mass is 19.3. The van der Waals surface area contributed by atoms with Gasteiger partial charge >= 0.3 is 6.61 Å². The fourth-order valence-electron chi connectivity index (χ4n) is 2.01. The molecule has 0 aliphatic rings. The molecule has 92 valence electrons. The summed E-state index contributed by atoms with van der Waals surface area (Å²) in [5.74, 6) is 0.159. The molecule has 0 radical (unpaired) electrons. The Kier molecular flexibility index (Phi) is 3.28. The van der Waals surface area contributed by atoms with Crippen molar-refractivity contribution in [1.29, 1.82) is 0 Å². The molecule has 0 aliphatic heterocycles. The van der Waals surface area contributed by atoms with Gasteiger partial charge in [0.25, 0.3) is 0 Å². The molecule has 0 fully saturated rings. The van der Waals surface area contributed by atoms with Crippen LogP contribution in [0.25, 0.3) is 10.9 Å². The summed E-state index contributed by atoms with van der Waals surface area (Å²) in [6.07, 6.45) is 2.62. The van der Waals surface area contributed by atoms with Crippen molar-refractivity contribution in [3.05, 3.63) is 29.5 Å². The number of aryl methyl sites for hydroxylation is 1. The van der Waals surface area contributed by atoms with Gasteiger partial charge in [-0.2, -0.15) is 8.78 Å². The van der Waals surface area contributed by atoms with Crippen LogP contribution in [0.4, 0.5) is 8.78 Å². The summed E-state index contributed by atoms with van der Waals surface area (Å²) in [5.41, 5.74) is 8.22. The van der Waals surface area contributed by atoms with Gasteiger partial charge in [-0.15, -0.1) is 0 Å². The lowest BCUT2D eigenvalue weighted by Crippen LogP contribution is -2.04. The average Bonchev–Trinajstić information content (AvgIpc) is 2.73. The van der Waals surface area contributed by atoms with Gasteiger partial charge in [-0.3, -0.25) is 0 Å². The van der Waals surface area contributed by atoms with Crippen LogP contribution < -0.4 is 10.5 Å². The first-order chi connectivity index (χ1) is 8.17. The highest BCUT2D eigenvalue weighted by Crippen LogP contribution is 2.31. The molecular formula is C12H14F2N2O. The Balaban J connectivity index is 2.62. The monoisotopic (exact) mass is 240 g/mol. The molecule has 3 nitrogen and oxygen atoms in total. The lowest BCUT2D eigenvalue weighted by atomic mass is 10.0. The average molecular weight is 240 g/mol. The van der Waals surface area contributed by atoms with Gasteiger partial charge in [0.15, 0.2) is 0 Å². The van der Waals surface area contributed by atoms with E-state index >= 15 is 0 Å². The third-order valence-corrected chi connectivity index (χ3v) is 2.78. The first-order valence-electron chi connectivity index (χ1n) is 5.44. The van der Waals surface area contributed by atoms with Crippen molar-refractivity contribution in [2.45, 2.75) is 26.5 Å². The number of hydrogen-bond acceptors (Lipinski definition) is 2. The van der Waals surface area contributed by atoms with Crippen LogP contribution in [-0.2, 0) is 13.0 Å². The van der Waals surface area contributed by atoms with Gasteiger partial charge in [-0.25, -0.2) is 0 Å². The number of fused-ring (bicyclic) bond motifs is 1. The molecule has 0 atom stereocenters. The van der Waals surface area contributed by atoms with E-state index in [0.717, 1.165) is 22.9 Å². The number of aromatic amines is 1. The van der Waals surface area contributed by atoms with Gasteiger partial charge in [0, 0.05) is 18.1 Å². The molecule has 0 amide bonds. The second kappa shape index (κ2) is 4.71. The Morgan fingerprint density at radius 3 is 2.71 bits per heavy atom. The summed E-state index contributed by atoms with van der Waals surface area (Å²) in [6, 6.07) is 3.25. The highest BCUT2D eigenvalue weighted by molar-refractivity contribution is 5.91. The summed E-state index contributed by atoms with van der Waals surface area (Å²) in [6.45, 7) is -0.449. The van der Waals surface area contributed by atoms with E-state index in [1.54, 1.807) is 6.07 Å².